The second-order valence-corrected chi connectivity index (χ2v) is 3.45. The fourth-order valence-corrected chi connectivity index (χ4v) is 1.42. The summed E-state index contributed by atoms with van der Waals surface area (Å²) >= 11 is 0. The van der Waals surface area contributed by atoms with E-state index < -0.39 is 25.2 Å². The Hall–Kier alpha value is -0.655. The molecule has 0 fully saturated rings. The number of nitrogens with zero attached hydrogens (tertiary/aromatic N) is 1. The molecule has 0 bridgehead atoms. The van der Waals surface area contributed by atoms with Crippen molar-refractivity contribution < 1.29 is 26.1 Å². The van der Waals surface area contributed by atoms with Crippen LogP contribution in [0.15, 0.2) is 11.5 Å². The van der Waals surface area contributed by atoms with Crippen LogP contribution < -0.4 is 0 Å². The van der Waals surface area contributed by atoms with Crippen LogP contribution in [0.3, 0.4) is 0 Å². The minimum Gasteiger partial charge on any atom is -0.445 e. The third-order valence-corrected chi connectivity index (χ3v) is 2.15. The van der Waals surface area contributed by atoms with Crippen molar-refractivity contribution in [3.05, 3.63) is 11.5 Å². The quantitative estimate of drug-likeness (QED) is 0.522. The molecule has 88 valence electrons. The third-order valence-electron chi connectivity index (χ3n) is 2.15. The van der Waals surface area contributed by atoms with Gasteiger partial charge in [0.25, 0.3) is 0 Å². The van der Waals surface area contributed by atoms with Gasteiger partial charge in [0.05, 0.1) is 6.54 Å². The molecule has 0 aromatic carbocycles. The second kappa shape index (κ2) is 4.07. The van der Waals surface area contributed by atoms with E-state index in [1.165, 1.54) is 0 Å². The van der Waals surface area contributed by atoms with Crippen molar-refractivity contribution in [3.63, 3.8) is 0 Å². The van der Waals surface area contributed by atoms with E-state index >= 15 is 0 Å². The first kappa shape index (κ1) is 12.4. The molecule has 0 aliphatic carbocycles. The summed E-state index contributed by atoms with van der Waals surface area (Å²) in [5.74, 6) is 0. The molecule has 1 nitrogen and oxygen atoms in total. The summed E-state index contributed by atoms with van der Waals surface area (Å²) < 4.78 is 72.2. The van der Waals surface area contributed by atoms with Gasteiger partial charge in [-0.15, -0.1) is 11.5 Å². The van der Waals surface area contributed by atoms with Gasteiger partial charge in [-0.05, 0) is 13.0 Å². The molecule has 0 unspecified atom stereocenters. The van der Waals surface area contributed by atoms with Crippen LogP contribution in [-0.4, -0.2) is 37.7 Å². The fourth-order valence-electron chi connectivity index (χ4n) is 1.42. The van der Waals surface area contributed by atoms with Crippen LogP contribution in [0.5, 0.6) is 0 Å². The monoisotopic (exact) mass is 232 g/mol. The predicted octanol–water partition coefficient (Wildman–Crippen LogP) is 2.57. The topological polar surface area (TPSA) is 3.24 Å². The van der Waals surface area contributed by atoms with Crippen molar-refractivity contribution >= 4 is 6.98 Å². The highest BCUT2D eigenvalue weighted by atomic mass is 19.4. The molecule has 1 heterocycles. The minimum absolute atomic E-state index is 0.188. The van der Waals surface area contributed by atoms with Gasteiger partial charge in [-0.1, -0.05) is 0 Å². The minimum atomic E-state index is -5.03. The number of hydrogen-bond donors (Lipinski definition) is 0. The van der Waals surface area contributed by atoms with E-state index in [2.05, 4.69) is 0 Å². The fraction of sp³-hybridized carbons (Fsp3) is 0.714. The Kier molecular flexibility index (Phi) is 3.37. The van der Waals surface area contributed by atoms with Crippen LogP contribution in [0.2, 0.25) is 0 Å². The second-order valence-electron chi connectivity index (χ2n) is 3.45. The van der Waals surface area contributed by atoms with E-state index in [1.54, 1.807) is 0 Å². The SMILES string of the molecule is F[B-](F)(F)C1=CCN(CC(F)(F)F)CC1. The van der Waals surface area contributed by atoms with Gasteiger partial charge >= 0.3 is 13.2 Å². The van der Waals surface area contributed by atoms with Gasteiger partial charge in [-0.2, -0.15) is 13.2 Å². The average Bonchev–Trinajstić information content (AvgIpc) is 2.00. The van der Waals surface area contributed by atoms with E-state index in [0.29, 0.717) is 0 Å². The van der Waals surface area contributed by atoms with Crippen molar-refractivity contribution in [1.82, 2.24) is 4.90 Å². The van der Waals surface area contributed by atoms with Gasteiger partial charge in [-0.25, -0.2) is 0 Å². The lowest BCUT2D eigenvalue weighted by Crippen LogP contribution is -2.39. The van der Waals surface area contributed by atoms with E-state index in [0.717, 1.165) is 11.0 Å². The van der Waals surface area contributed by atoms with Crippen LogP contribution in [-0.2, 0) is 0 Å². The van der Waals surface area contributed by atoms with Crippen LogP contribution in [0.25, 0.3) is 0 Å². The molecule has 0 amide bonds. The zero-order valence-corrected chi connectivity index (χ0v) is 7.70. The van der Waals surface area contributed by atoms with Gasteiger partial charge in [0.1, 0.15) is 0 Å². The maximum atomic E-state index is 12.2. The van der Waals surface area contributed by atoms with Crippen molar-refractivity contribution in [1.29, 1.82) is 0 Å². The van der Waals surface area contributed by atoms with Gasteiger partial charge in [-0.3, -0.25) is 4.90 Å². The Bertz CT molecular complexity index is 255. The zero-order chi connectivity index (χ0) is 11.7. The lowest BCUT2D eigenvalue weighted by Gasteiger charge is -2.30. The largest absolute Gasteiger partial charge is 0.505 e. The molecule has 0 atom stereocenters. The van der Waals surface area contributed by atoms with E-state index in [4.69, 9.17) is 0 Å². The van der Waals surface area contributed by atoms with Crippen molar-refractivity contribution in [2.75, 3.05) is 19.6 Å². The first-order chi connectivity index (χ1) is 6.68. The summed E-state index contributed by atoms with van der Waals surface area (Å²) in [5.41, 5.74) is -0.673. The Morgan fingerprint density at radius 1 is 1.27 bits per heavy atom. The molecule has 0 aromatic rings. The molecule has 0 spiro atoms. The summed E-state index contributed by atoms with van der Waals surface area (Å²) in [6.07, 6.45) is -3.86. The van der Waals surface area contributed by atoms with Gasteiger partial charge in [0.15, 0.2) is 0 Å². The van der Waals surface area contributed by atoms with Crippen molar-refractivity contribution in [2.24, 2.45) is 0 Å². The van der Waals surface area contributed by atoms with E-state index in [-0.39, 0.29) is 19.5 Å². The average molecular weight is 232 g/mol. The normalized spacial score (nSPS) is 20.3. The van der Waals surface area contributed by atoms with Crippen molar-refractivity contribution in [3.8, 4) is 0 Å². The lowest BCUT2D eigenvalue weighted by molar-refractivity contribution is -0.145. The molecule has 0 radical (unpaired) electrons. The highest BCUT2D eigenvalue weighted by Gasteiger charge is 2.34. The summed E-state index contributed by atoms with van der Waals surface area (Å²) in [6.45, 7) is -6.65. The Morgan fingerprint density at radius 3 is 2.20 bits per heavy atom. The van der Waals surface area contributed by atoms with Crippen LogP contribution in [0.4, 0.5) is 26.1 Å². The molecule has 0 saturated heterocycles. The number of halogens is 6. The molecule has 8 heteroatoms. The van der Waals surface area contributed by atoms with Crippen LogP contribution >= 0.6 is 0 Å². The number of rotatable bonds is 2. The molecular formula is C7H9BF6N-. The molecule has 0 aromatic heterocycles. The summed E-state index contributed by atoms with van der Waals surface area (Å²) in [7, 11) is 0. The molecule has 15 heavy (non-hydrogen) atoms. The molecule has 1 aliphatic heterocycles. The van der Waals surface area contributed by atoms with Crippen molar-refractivity contribution in [2.45, 2.75) is 12.6 Å². The Morgan fingerprint density at radius 2 is 1.87 bits per heavy atom. The molecule has 0 saturated carbocycles. The standard InChI is InChI=1S/C7H9BF6N/c9-7(10,11)5-15-3-1-6(2-4-15)8(12,13)14/h1H,2-5H2/q-1. The number of alkyl halides is 3. The smallest absolute Gasteiger partial charge is 0.445 e. The van der Waals surface area contributed by atoms with E-state index in [9.17, 15) is 26.1 Å². The number of hydrogen-bond acceptors (Lipinski definition) is 1. The van der Waals surface area contributed by atoms with Gasteiger partial charge in [0, 0.05) is 6.54 Å². The Labute approximate surface area is 82.8 Å². The van der Waals surface area contributed by atoms with Gasteiger partial charge < -0.3 is 12.9 Å². The molecule has 0 N–H and O–H groups in total. The predicted molar refractivity (Wildman–Crippen MR) is 44.3 cm³/mol. The molecule has 1 aliphatic rings. The first-order valence-corrected chi connectivity index (χ1v) is 4.36. The first-order valence-electron chi connectivity index (χ1n) is 4.36. The van der Waals surface area contributed by atoms with E-state index in [1.807, 2.05) is 0 Å². The van der Waals surface area contributed by atoms with Gasteiger partial charge in [0.2, 0.25) is 0 Å². The zero-order valence-electron chi connectivity index (χ0n) is 7.70. The summed E-state index contributed by atoms with van der Waals surface area (Å²) in [4.78, 5) is 0.950. The summed E-state index contributed by atoms with van der Waals surface area (Å²) in [6, 6.07) is 0. The maximum absolute atomic E-state index is 12.2. The van der Waals surface area contributed by atoms with Crippen LogP contribution in [0.1, 0.15) is 6.42 Å². The lowest BCUT2D eigenvalue weighted by atomic mass is 9.75. The van der Waals surface area contributed by atoms with Crippen LogP contribution in [0, 0.1) is 0 Å². The molecular weight excluding hydrogens is 223 g/mol. The maximum Gasteiger partial charge on any atom is 0.505 e. The molecule has 1 rings (SSSR count). The highest BCUT2D eigenvalue weighted by Crippen LogP contribution is 2.26. The Balaban J connectivity index is 2.52. The third kappa shape index (κ3) is 4.15. The summed E-state index contributed by atoms with van der Waals surface area (Å²) in [5, 5.41) is 0. The highest BCUT2D eigenvalue weighted by molar-refractivity contribution is 6.66.